The van der Waals surface area contributed by atoms with Gasteiger partial charge in [0.15, 0.2) is 0 Å². The van der Waals surface area contributed by atoms with Crippen LogP contribution in [0.4, 0.5) is 0 Å². The molecule has 0 spiro atoms. The minimum absolute atomic E-state index is 0.376. The fourth-order valence-corrected chi connectivity index (χ4v) is 2.21. The molecule has 0 bridgehead atoms. The highest BCUT2D eigenvalue weighted by Crippen LogP contribution is 2.14. The van der Waals surface area contributed by atoms with Gasteiger partial charge in [-0.2, -0.15) is 0 Å². The van der Waals surface area contributed by atoms with E-state index in [1.165, 1.54) is 16.7 Å². The number of allylic oxidation sites excluding steroid dienone is 6. The van der Waals surface area contributed by atoms with Gasteiger partial charge in [-0.25, -0.2) is 0 Å². The van der Waals surface area contributed by atoms with Gasteiger partial charge in [0.1, 0.15) is 5.78 Å². The van der Waals surface area contributed by atoms with Crippen LogP contribution in [-0.2, 0) is 4.79 Å². The molecular formula is C20H34O. The highest BCUT2D eigenvalue weighted by molar-refractivity contribution is 5.80. The third kappa shape index (κ3) is 13.6. The fraction of sp³-hybridized carbons (Fsp3) is 0.650. The molecule has 0 aliphatic rings. The van der Waals surface area contributed by atoms with E-state index in [-0.39, 0.29) is 0 Å². The van der Waals surface area contributed by atoms with Crippen molar-refractivity contribution in [2.45, 2.75) is 80.1 Å². The molecule has 0 rings (SSSR count). The van der Waals surface area contributed by atoms with Crippen LogP contribution in [-0.4, -0.2) is 5.78 Å². The first-order chi connectivity index (χ1) is 9.81. The Kier molecular flexibility index (Phi) is 10.9. The Labute approximate surface area is 132 Å². The number of ketones is 1. The fourth-order valence-electron chi connectivity index (χ4n) is 2.21. The van der Waals surface area contributed by atoms with Crippen LogP contribution >= 0.6 is 0 Å². The summed E-state index contributed by atoms with van der Waals surface area (Å²) in [7, 11) is 0. The SMILES string of the molecule is CC(C)=CCCC(C)=CCC(=O)CC(C)CCC=C(C)C. The second-order valence-electron chi connectivity index (χ2n) is 6.78. The van der Waals surface area contributed by atoms with Gasteiger partial charge in [0.05, 0.1) is 0 Å². The van der Waals surface area contributed by atoms with Crippen LogP contribution in [0.2, 0.25) is 0 Å². The first kappa shape index (κ1) is 19.9. The minimum Gasteiger partial charge on any atom is -0.299 e. The van der Waals surface area contributed by atoms with Crippen molar-refractivity contribution in [2.24, 2.45) is 5.92 Å². The molecule has 0 aromatic heterocycles. The summed E-state index contributed by atoms with van der Waals surface area (Å²) < 4.78 is 0. The van der Waals surface area contributed by atoms with Crippen molar-refractivity contribution < 1.29 is 4.79 Å². The maximum absolute atomic E-state index is 12.0. The monoisotopic (exact) mass is 290 g/mol. The van der Waals surface area contributed by atoms with Gasteiger partial charge in [-0.1, -0.05) is 41.9 Å². The average molecular weight is 290 g/mol. The zero-order valence-electron chi connectivity index (χ0n) is 15.0. The van der Waals surface area contributed by atoms with Gasteiger partial charge < -0.3 is 0 Å². The third-order valence-electron chi connectivity index (χ3n) is 3.56. The van der Waals surface area contributed by atoms with E-state index in [0.717, 1.165) is 25.7 Å². The first-order valence-corrected chi connectivity index (χ1v) is 8.25. The Morgan fingerprint density at radius 3 is 2.05 bits per heavy atom. The summed E-state index contributed by atoms with van der Waals surface area (Å²) in [5.74, 6) is 0.869. The van der Waals surface area contributed by atoms with E-state index in [0.29, 0.717) is 24.5 Å². The molecule has 0 aromatic carbocycles. The van der Waals surface area contributed by atoms with Crippen molar-refractivity contribution in [2.75, 3.05) is 0 Å². The summed E-state index contributed by atoms with van der Waals surface area (Å²) in [5.41, 5.74) is 4.06. The van der Waals surface area contributed by atoms with Crippen molar-refractivity contribution >= 4 is 5.78 Å². The number of rotatable bonds is 10. The summed E-state index contributed by atoms with van der Waals surface area (Å²) in [5, 5.41) is 0. The molecule has 0 saturated carbocycles. The van der Waals surface area contributed by atoms with Crippen LogP contribution in [0.3, 0.4) is 0 Å². The quantitative estimate of drug-likeness (QED) is 0.425. The molecule has 1 unspecified atom stereocenters. The molecule has 1 nitrogen and oxygen atoms in total. The highest BCUT2D eigenvalue weighted by Gasteiger charge is 2.07. The summed E-state index contributed by atoms with van der Waals surface area (Å²) in [6.45, 7) is 12.8. The van der Waals surface area contributed by atoms with Gasteiger partial charge >= 0.3 is 0 Å². The van der Waals surface area contributed by atoms with E-state index in [9.17, 15) is 4.79 Å². The lowest BCUT2D eigenvalue weighted by molar-refractivity contribution is -0.119. The first-order valence-electron chi connectivity index (χ1n) is 8.25. The molecule has 0 aromatic rings. The van der Waals surface area contributed by atoms with E-state index >= 15 is 0 Å². The molecule has 0 radical (unpaired) electrons. The van der Waals surface area contributed by atoms with Gasteiger partial charge in [0.2, 0.25) is 0 Å². The Morgan fingerprint density at radius 1 is 0.905 bits per heavy atom. The van der Waals surface area contributed by atoms with Crippen molar-refractivity contribution in [3.8, 4) is 0 Å². The maximum atomic E-state index is 12.0. The van der Waals surface area contributed by atoms with Crippen molar-refractivity contribution in [1.82, 2.24) is 0 Å². The van der Waals surface area contributed by atoms with Crippen LogP contribution in [0, 0.1) is 5.92 Å². The molecule has 1 heteroatoms. The van der Waals surface area contributed by atoms with Crippen LogP contribution in [0.5, 0.6) is 0 Å². The molecule has 0 amide bonds. The molecular weight excluding hydrogens is 256 g/mol. The van der Waals surface area contributed by atoms with Crippen molar-refractivity contribution in [1.29, 1.82) is 0 Å². The molecule has 0 heterocycles. The lowest BCUT2D eigenvalue weighted by Crippen LogP contribution is -2.04. The number of carbonyl (C=O) groups is 1. The normalized spacial score (nSPS) is 12.8. The van der Waals surface area contributed by atoms with Crippen molar-refractivity contribution in [3.63, 3.8) is 0 Å². The van der Waals surface area contributed by atoms with Crippen molar-refractivity contribution in [3.05, 3.63) is 34.9 Å². The summed E-state index contributed by atoms with van der Waals surface area (Å²) in [6, 6.07) is 0. The van der Waals surface area contributed by atoms with Gasteiger partial charge in [-0.05, 0) is 66.2 Å². The predicted molar refractivity (Wildman–Crippen MR) is 94.5 cm³/mol. The van der Waals surface area contributed by atoms with Gasteiger partial charge in [0, 0.05) is 12.8 Å². The Balaban J connectivity index is 3.97. The van der Waals surface area contributed by atoms with Gasteiger partial charge in [-0.3, -0.25) is 4.79 Å². The standard InChI is InChI=1S/C20H34O/c1-16(2)9-7-11-18(5)13-14-20(21)15-19(6)12-8-10-17(3)4/h9-10,13,19H,7-8,11-12,14-15H2,1-6H3. The largest absolute Gasteiger partial charge is 0.299 e. The van der Waals surface area contributed by atoms with Crippen LogP contribution < -0.4 is 0 Å². The van der Waals surface area contributed by atoms with E-state index in [1.54, 1.807) is 0 Å². The topological polar surface area (TPSA) is 17.1 Å². The van der Waals surface area contributed by atoms with E-state index in [2.05, 4.69) is 59.8 Å². The molecule has 0 saturated heterocycles. The Hall–Kier alpha value is -1.11. The molecule has 0 aliphatic heterocycles. The number of hydrogen-bond acceptors (Lipinski definition) is 1. The molecule has 120 valence electrons. The lowest BCUT2D eigenvalue weighted by Gasteiger charge is -2.08. The lowest BCUT2D eigenvalue weighted by atomic mass is 9.96. The zero-order valence-corrected chi connectivity index (χ0v) is 15.0. The molecule has 21 heavy (non-hydrogen) atoms. The summed E-state index contributed by atoms with van der Waals surface area (Å²) >= 11 is 0. The Bertz CT molecular complexity index is 388. The number of Topliss-reactive ketones (excluding diaryl/α,β-unsaturated/α-hetero) is 1. The minimum atomic E-state index is 0.376. The zero-order chi connectivity index (χ0) is 16.3. The van der Waals surface area contributed by atoms with E-state index in [4.69, 9.17) is 0 Å². The predicted octanol–water partition coefficient (Wildman–Crippen LogP) is 6.41. The molecule has 0 aliphatic carbocycles. The smallest absolute Gasteiger partial charge is 0.136 e. The molecule has 0 N–H and O–H groups in total. The average Bonchev–Trinajstić information content (AvgIpc) is 2.35. The van der Waals surface area contributed by atoms with Crippen LogP contribution in [0.1, 0.15) is 80.1 Å². The molecule has 1 atom stereocenters. The number of hydrogen-bond donors (Lipinski definition) is 0. The van der Waals surface area contributed by atoms with E-state index < -0.39 is 0 Å². The maximum Gasteiger partial charge on any atom is 0.136 e. The summed E-state index contributed by atoms with van der Waals surface area (Å²) in [4.78, 5) is 12.0. The van der Waals surface area contributed by atoms with E-state index in [1.807, 2.05) is 0 Å². The van der Waals surface area contributed by atoms with Crippen LogP contribution in [0.15, 0.2) is 34.9 Å². The second kappa shape index (κ2) is 11.5. The van der Waals surface area contributed by atoms with Gasteiger partial charge in [0.25, 0.3) is 0 Å². The highest BCUT2D eigenvalue weighted by atomic mass is 16.1. The van der Waals surface area contributed by atoms with Gasteiger partial charge in [-0.15, -0.1) is 0 Å². The summed E-state index contributed by atoms with van der Waals surface area (Å²) in [6.07, 6.45) is 12.3. The second-order valence-corrected chi connectivity index (χ2v) is 6.78. The molecule has 0 fully saturated rings. The van der Waals surface area contributed by atoms with Crippen LogP contribution in [0.25, 0.3) is 0 Å². The Morgan fingerprint density at radius 2 is 1.48 bits per heavy atom. The third-order valence-corrected chi connectivity index (χ3v) is 3.56. The number of carbonyl (C=O) groups excluding carboxylic acids is 1.